The van der Waals surface area contributed by atoms with Crippen molar-refractivity contribution in [2.45, 2.75) is 18.6 Å². The number of aromatic nitrogens is 3. The van der Waals surface area contributed by atoms with Crippen LogP contribution in [0.4, 0.5) is 5.82 Å². The summed E-state index contributed by atoms with van der Waals surface area (Å²) in [5, 5.41) is 8.72. The maximum atomic E-state index is 13.1. The van der Waals surface area contributed by atoms with Crippen LogP contribution in [0.2, 0.25) is 0 Å². The molecule has 0 aliphatic heterocycles. The van der Waals surface area contributed by atoms with Gasteiger partial charge in [-0.15, -0.1) is 11.3 Å². The first-order valence-electron chi connectivity index (χ1n) is 9.01. The third-order valence-corrected chi connectivity index (χ3v) is 6.15. The van der Waals surface area contributed by atoms with Gasteiger partial charge in [0.25, 0.3) is 5.56 Å². The molecule has 1 aromatic carbocycles. The van der Waals surface area contributed by atoms with Crippen LogP contribution >= 0.6 is 23.1 Å². The molecule has 0 aliphatic carbocycles. The molecule has 1 amide bonds. The van der Waals surface area contributed by atoms with Crippen molar-refractivity contribution in [2.24, 2.45) is 0 Å². The molecule has 154 valence electrons. The number of benzene rings is 1. The summed E-state index contributed by atoms with van der Waals surface area (Å²) < 4.78 is 12.5. The van der Waals surface area contributed by atoms with E-state index in [2.05, 4.69) is 15.5 Å². The summed E-state index contributed by atoms with van der Waals surface area (Å²) in [7, 11) is 1.59. The fraction of sp³-hybridized carbons (Fsp3) is 0.200. The number of hydrogen-bond donors (Lipinski definition) is 1. The molecule has 4 rings (SSSR count). The second kappa shape index (κ2) is 8.72. The van der Waals surface area contributed by atoms with E-state index in [0.29, 0.717) is 32.7 Å². The van der Waals surface area contributed by atoms with Crippen molar-refractivity contribution in [3.05, 3.63) is 63.5 Å². The van der Waals surface area contributed by atoms with Crippen molar-refractivity contribution in [3.63, 3.8) is 0 Å². The molecule has 0 radical (unpaired) electrons. The van der Waals surface area contributed by atoms with E-state index in [1.807, 2.05) is 29.6 Å². The normalized spacial score (nSPS) is 11.0. The summed E-state index contributed by atoms with van der Waals surface area (Å²) in [6, 6.07) is 10.9. The molecular weight excluding hydrogens is 424 g/mol. The molecule has 0 saturated heterocycles. The highest BCUT2D eigenvalue weighted by molar-refractivity contribution is 7.99. The van der Waals surface area contributed by atoms with Crippen LogP contribution in [0.1, 0.15) is 11.3 Å². The number of anilines is 1. The van der Waals surface area contributed by atoms with E-state index in [1.165, 1.54) is 23.1 Å². The second-order valence-corrected chi connectivity index (χ2v) is 8.25. The lowest BCUT2D eigenvalue weighted by molar-refractivity contribution is -0.113. The zero-order chi connectivity index (χ0) is 21.1. The molecule has 0 saturated carbocycles. The number of para-hydroxylation sites is 1. The van der Waals surface area contributed by atoms with Crippen LogP contribution in [0.15, 0.2) is 56.3 Å². The van der Waals surface area contributed by atoms with E-state index >= 15 is 0 Å². The monoisotopic (exact) mass is 442 g/mol. The van der Waals surface area contributed by atoms with Crippen molar-refractivity contribution in [2.75, 3.05) is 18.2 Å². The van der Waals surface area contributed by atoms with E-state index in [1.54, 1.807) is 30.7 Å². The van der Waals surface area contributed by atoms with Crippen LogP contribution in [-0.4, -0.2) is 33.5 Å². The van der Waals surface area contributed by atoms with Gasteiger partial charge in [-0.25, -0.2) is 4.98 Å². The maximum absolute atomic E-state index is 13.1. The van der Waals surface area contributed by atoms with Gasteiger partial charge in [0.1, 0.15) is 16.2 Å². The molecule has 0 bridgehead atoms. The Balaban J connectivity index is 1.62. The third kappa shape index (κ3) is 4.24. The van der Waals surface area contributed by atoms with Crippen LogP contribution in [0.3, 0.4) is 0 Å². The number of ether oxygens (including phenoxy) is 1. The number of aryl methyl sites for hydroxylation is 1. The van der Waals surface area contributed by atoms with Gasteiger partial charge in [0, 0.05) is 11.6 Å². The van der Waals surface area contributed by atoms with Gasteiger partial charge in [-0.2, -0.15) is 0 Å². The molecular formula is C20H18N4O4S2. The largest absolute Gasteiger partial charge is 0.496 e. The van der Waals surface area contributed by atoms with Crippen molar-refractivity contribution in [3.8, 4) is 5.75 Å². The van der Waals surface area contributed by atoms with E-state index < -0.39 is 0 Å². The average Bonchev–Trinajstić information content (AvgIpc) is 3.38. The number of carbonyl (C=O) groups is 1. The van der Waals surface area contributed by atoms with Gasteiger partial charge in [0.2, 0.25) is 5.91 Å². The summed E-state index contributed by atoms with van der Waals surface area (Å²) in [6.07, 6.45) is 0. The number of thioether (sulfide) groups is 1. The summed E-state index contributed by atoms with van der Waals surface area (Å²) >= 11 is 2.54. The minimum Gasteiger partial charge on any atom is -0.496 e. The number of thiophene rings is 1. The molecule has 0 fully saturated rings. The Kier molecular flexibility index (Phi) is 5.86. The Bertz CT molecular complexity index is 1260. The number of carbonyl (C=O) groups excluding carboxylic acids is 1. The topological polar surface area (TPSA) is 99.2 Å². The molecule has 30 heavy (non-hydrogen) atoms. The smallest absolute Gasteiger partial charge is 0.272 e. The number of hydrogen-bond acceptors (Lipinski definition) is 8. The third-order valence-electron chi connectivity index (χ3n) is 4.28. The molecule has 0 aliphatic rings. The Labute approximate surface area is 179 Å². The molecule has 3 aromatic heterocycles. The number of nitrogens with zero attached hydrogens (tertiary/aromatic N) is 3. The molecule has 4 aromatic rings. The van der Waals surface area contributed by atoms with Crippen molar-refractivity contribution >= 4 is 45.0 Å². The fourth-order valence-electron chi connectivity index (χ4n) is 2.91. The van der Waals surface area contributed by atoms with E-state index in [4.69, 9.17) is 9.26 Å². The predicted molar refractivity (Wildman–Crippen MR) is 117 cm³/mol. The molecule has 0 spiro atoms. The van der Waals surface area contributed by atoms with Crippen molar-refractivity contribution < 1.29 is 14.1 Å². The van der Waals surface area contributed by atoms with Gasteiger partial charge in [0.05, 0.1) is 24.9 Å². The molecule has 8 nitrogen and oxygen atoms in total. The first-order chi connectivity index (χ1) is 14.5. The number of rotatable bonds is 7. The van der Waals surface area contributed by atoms with Gasteiger partial charge in [0.15, 0.2) is 11.0 Å². The lowest BCUT2D eigenvalue weighted by Crippen LogP contribution is -2.24. The number of amides is 1. The summed E-state index contributed by atoms with van der Waals surface area (Å²) in [5.74, 6) is 1.45. The van der Waals surface area contributed by atoms with E-state index in [-0.39, 0.29) is 23.8 Å². The lowest BCUT2D eigenvalue weighted by Gasteiger charge is -2.14. The Morgan fingerprint density at radius 1 is 1.33 bits per heavy atom. The Hall–Kier alpha value is -3.11. The quantitative estimate of drug-likeness (QED) is 0.345. The minimum atomic E-state index is -0.267. The minimum absolute atomic E-state index is 0.0694. The Morgan fingerprint density at radius 2 is 2.17 bits per heavy atom. The zero-order valence-electron chi connectivity index (χ0n) is 16.2. The van der Waals surface area contributed by atoms with Gasteiger partial charge in [-0.1, -0.05) is 35.1 Å². The van der Waals surface area contributed by atoms with Gasteiger partial charge >= 0.3 is 0 Å². The molecule has 0 unspecified atom stereocenters. The highest BCUT2D eigenvalue weighted by Crippen LogP contribution is 2.24. The summed E-state index contributed by atoms with van der Waals surface area (Å²) in [6.45, 7) is 2.03. The maximum Gasteiger partial charge on any atom is 0.272 e. The number of fused-ring (bicyclic) bond motifs is 1. The van der Waals surface area contributed by atoms with Gasteiger partial charge in [-0.05, 0) is 24.4 Å². The standard InChI is InChI=1S/C20H18N4O4S2/c1-12-9-16(23-28-12)22-17(25)11-30-20-21-14-7-8-29-18(14)19(26)24(20)10-13-5-3-4-6-15(13)27-2/h3-9H,10-11H2,1-2H3,(H,22,23,25). The van der Waals surface area contributed by atoms with Crippen LogP contribution in [0.25, 0.3) is 10.2 Å². The zero-order valence-corrected chi connectivity index (χ0v) is 17.9. The molecule has 1 N–H and O–H groups in total. The van der Waals surface area contributed by atoms with Crippen LogP contribution in [0.5, 0.6) is 5.75 Å². The van der Waals surface area contributed by atoms with Crippen molar-refractivity contribution in [1.29, 1.82) is 0 Å². The van der Waals surface area contributed by atoms with Gasteiger partial charge in [-0.3, -0.25) is 14.2 Å². The number of methoxy groups -OCH3 is 1. The van der Waals surface area contributed by atoms with Crippen LogP contribution in [0, 0.1) is 6.92 Å². The summed E-state index contributed by atoms with van der Waals surface area (Å²) in [4.78, 5) is 30.0. The molecule has 3 heterocycles. The van der Waals surface area contributed by atoms with Gasteiger partial charge < -0.3 is 14.6 Å². The summed E-state index contributed by atoms with van der Waals surface area (Å²) in [5.41, 5.74) is 1.33. The van der Waals surface area contributed by atoms with E-state index in [9.17, 15) is 9.59 Å². The lowest BCUT2D eigenvalue weighted by atomic mass is 10.2. The Morgan fingerprint density at radius 3 is 2.93 bits per heavy atom. The van der Waals surface area contributed by atoms with Crippen molar-refractivity contribution in [1.82, 2.24) is 14.7 Å². The predicted octanol–water partition coefficient (Wildman–Crippen LogP) is 3.54. The van der Waals surface area contributed by atoms with Crippen LogP contribution in [-0.2, 0) is 11.3 Å². The first kappa shape index (κ1) is 20.2. The first-order valence-corrected chi connectivity index (χ1v) is 10.9. The molecule has 0 atom stereocenters. The van der Waals surface area contributed by atoms with Crippen LogP contribution < -0.4 is 15.6 Å². The highest BCUT2D eigenvalue weighted by atomic mass is 32.2. The fourth-order valence-corrected chi connectivity index (χ4v) is 4.49. The molecule has 10 heteroatoms. The van der Waals surface area contributed by atoms with E-state index in [0.717, 1.165) is 5.56 Å². The SMILES string of the molecule is COc1ccccc1Cn1c(SCC(=O)Nc2cc(C)on2)nc2ccsc2c1=O. The second-order valence-electron chi connectivity index (χ2n) is 6.39. The highest BCUT2D eigenvalue weighted by Gasteiger charge is 2.16. The average molecular weight is 443 g/mol. The number of nitrogens with one attached hydrogen (secondary N) is 1.